The summed E-state index contributed by atoms with van der Waals surface area (Å²) in [4.78, 5) is 17.1. The van der Waals surface area contributed by atoms with Crippen LogP contribution in [0.25, 0.3) is 0 Å². The van der Waals surface area contributed by atoms with Crippen molar-refractivity contribution in [3.8, 4) is 0 Å². The average molecular weight is 270 g/mol. The van der Waals surface area contributed by atoms with E-state index in [0.717, 1.165) is 5.56 Å². The first-order valence-corrected chi connectivity index (χ1v) is 6.99. The van der Waals surface area contributed by atoms with Crippen molar-refractivity contribution in [2.24, 2.45) is 10.9 Å². The Bertz CT molecular complexity index is 572. The van der Waals surface area contributed by atoms with Gasteiger partial charge in [-0.2, -0.15) is 0 Å². The molecule has 2 heterocycles. The summed E-state index contributed by atoms with van der Waals surface area (Å²) in [7, 11) is -3.71. The number of aromatic nitrogens is 1. The van der Waals surface area contributed by atoms with Crippen LogP contribution >= 0.6 is 0 Å². The lowest BCUT2D eigenvalue weighted by atomic mass is 10.2. The Morgan fingerprint density at radius 1 is 1.50 bits per heavy atom. The van der Waals surface area contributed by atoms with Crippen molar-refractivity contribution in [2.75, 3.05) is 11.4 Å². The number of nitrogens with two attached hydrogens (primary N) is 2. The van der Waals surface area contributed by atoms with Crippen LogP contribution in [0.4, 0.5) is 5.82 Å². The van der Waals surface area contributed by atoms with Crippen LogP contribution in [0.2, 0.25) is 0 Å². The Morgan fingerprint density at radius 3 is 2.78 bits per heavy atom. The van der Waals surface area contributed by atoms with E-state index >= 15 is 0 Å². The summed E-state index contributed by atoms with van der Waals surface area (Å²) in [6.07, 6.45) is 1.43. The van der Waals surface area contributed by atoms with Crippen molar-refractivity contribution in [2.45, 2.75) is 18.2 Å². The number of pyridine rings is 1. The van der Waals surface area contributed by atoms with Gasteiger partial charge in [-0.1, -0.05) is 0 Å². The second kappa shape index (κ2) is 4.63. The van der Waals surface area contributed by atoms with Crippen molar-refractivity contribution < 1.29 is 13.2 Å². The number of nitrogens with zero attached hydrogens (tertiary/aromatic N) is 2. The maximum absolute atomic E-state index is 11.8. The Hall–Kier alpha value is -1.51. The number of primary sulfonamides is 1. The van der Waals surface area contributed by atoms with E-state index in [4.69, 9.17) is 10.9 Å². The molecule has 0 aromatic carbocycles. The number of sulfonamides is 1. The molecule has 1 atom stereocenters. The highest BCUT2D eigenvalue weighted by atomic mass is 32.2. The molecule has 8 heteroatoms. The fourth-order valence-electron chi connectivity index (χ4n) is 1.85. The second-order valence-corrected chi connectivity index (χ2v) is 5.99. The van der Waals surface area contributed by atoms with E-state index in [-0.39, 0.29) is 18.9 Å². The molecular weight excluding hydrogens is 256 g/mol. The molecule has 1 fully saturated rings. The lowest BCUT2D eigenvalue weighted by Gasteiger charge is -2.15. The van der Waals surface area contributed by atoms with Gasteiger partial charge in [-0.15, -0.1) is 0 Å². The van der Waals surface area contributed by atoms with Crippen molar-refractivity contribution in [1.29, 1.82) is 0 Å². The lowest BCUT2D eigenvalue weighted by Crippen LogP contribution is -2.32. The Kier molecular flexibility index (Phi) is 3.33. The van der Waals surface area contributed by atoms with Crippen molar-refractivity contribution in [3.63, 3.8) is 0 Å². The molecule has 0 bridgehead atoms. The van der Waals surface area contributed by atoms with E-state index in [2.05, 4.69) is 4.98 Å². The van der Waals surface area contributed by atoms with Gasteiger partial charge in [0.15, 0.2) is 0 Å². The van der Waals surface area contributed by atoms with E-state index in [0.29, 0.717) is 12.4 Å². The molecule has 98 valence electrons. The molecule has 1 aliphatic heterocycles. The molecule has 1 aliphatic rings. The molecule has 1 aromatic rings. The van der Waals surface area contributed by atoms with Crippen LogP contribution in [0.1, 0.15) is 12.0 Å². The molecule has 1 amide bonds. The predicted octanol–water partition coefficient (Wildman–Crippen LogP) is -1.07. The topological polar surface area (TPSA) is 119 Å². The minimum atomic E-state index is -3.71. The second-order valence-electron chi connectivity index (χ2n) is 4.15. The predicted molar refractivity (Wildman–Crippen MR) is 66.0 cm³/mol. The van der Waals surface area contributed by atoms with Crippen LogP contribution in [-0.2, 0) is 21.4 Å². The zero-order valence-electron chi connectivity index (χ0n) is 9.61. The zero-order valence-corrected chi connectivity index (χ0v) is 10.4. The lowest BCUT2D eigenvalue weighted by molar-refractivity contribution is -0.117. The van der Waals surface area contributed by atoms with Gasteiger partial charge < -0.3 is 5.73 Å². The fourth-order valence-corrected chi connectivity index (χ4v) is 2.58. The summed E-state index contributed by atoms with van der Waals surface area (Å²) in [5.41, 5.74) is 6.33. The van der Waals surface area contributed by atoms with Gasteiger partial charge in [0.25, 0.3) is 0 Å². The van der Waals surface area contributed by atoms with Gasteiger partial charge in [-0.3, -0.25) is 9.69 Å². The van der Waals surface area contributed by atoms with E-state index in [1.54, 1.807) is 12.1 Å². The minimum absolute atomic E-state index is 0.0404. The first-order valence-electron chi connectivity index (χ1n) is 5.39. The van der Waals surface area contributed by atoms with Crippen LogP contribution in [-0.4, -0.2) is 31.1 Å². The van der Waals surface area contributed by atoms with Crippen molar-refractivity contribution >= 4 is 21.7 Å². The van der Waals surface area contributed by atoms with Gasteiger partial charge in [0.2, 0.25) is 15.9 Å². The maximum atomic E-state index is 11.8. The number of amides is 1. The molecule has 1 unspecified atom stereocenters. The monoisotopic (exact) mass is 270 g/mol. The van der Waals surface area contributed by atoms with Gasteiger partial charge in [-0.05, 0) is 17.7 Å². The number of rotatable bonds is 3. The van der Waals surface area contributed by atoms with Gasteiger partial charge in [0.1, 0.15) is 11.1 Å². The number of carbonyl (C=O) groups is 1. The number of hydrogen-bond acceptors (Lipinski definition) is 5. The first-order chi connectivity index (χ1) is 8.41. The van der Waals surface area contributed by atoms with Crippen molar-refractivity contribution in [1.82, 2.24) is 4.98 Å². The van der Waals surface area contributed by atoms with Crippen LogP contribution in [0.3, 0.4) is 0 Å². The highest BCUT2D eigenvalue weighted by Gasteiger charge is 2.37. The summed E-state index contributed by atoms with van der Waals surface area (Å²) in [6.45, 7) is 0.370. The van der Waals surface area contributed by atoms with E-state index < -0.39 is 15.3 Å². The Morgan fingerprint density at radius 2 is 2.22 bits per heavy atom. The van der Waals surface area contributed by atoms with Crippen LogP contribution in [0.5, 0.6) is 0 Å². The molecule has 4 N–H and O–H groups in total. The molecule has 2 rings (SSSR count). The Balaban J connectivity index is 2.27. The van der Waals surface area contributed by atoms with E-state index in [1.807, 2.05) is 0 Å². The minimum Gasteiger partial charge on any atom is -0.326 e. The van der Waals surface area contributed by atoms with Gasteiger partial charge in [0, 0.05) is 25.7 Å². The van der Waals surface area contributed by atoms with Crippen LogP contribution < -0.4 is 15.8 Å². The third-order valence-electron chi connectivity index (χ3n) is 2.88. The smallest absolute Gasteiger partial charge is 0.229 e. The maximum Gasteiger partial charge on any atom is 0.229 e. The van der Waals surface area contributed by atoms with Crippen LogP contribution in [0, 0.1) is 0 Å². The number of carbonyl (C=O) groups excluding carboxylic acids is 1. The SMILES string of the molecule is NCc1ccnc(N2CC(S(N)(=O)=O)CC2=O)c1. The molecular formula is C10H14N4O3S. The highest BCUT2D eigenvalue weighted by Crippen LogP contribution is 2.22. The summed E-state index contributed by atoms with van der Waals surface area (Å²) in [5, 5.41) is 4.18. The summed E-state index contributed by atoms with van der Waals surface area (Å²) < 4.78 is 22.5. The normalized spacial score (nSPS) is 20.4. The largest absolute Gasteiger partial charge is 0.326 e. The van der Waals surface area contributed by atoms with E-state index in [9.17, 15) is 13.2 Å². The Labute approximate surface area is 105 Å². The average Bonchev–Trinajstić information content (AvgIpc) is 2.71. The van der Waals surface area contributed by atoms with Crippen LogP contribution in [0.15, 0.2) is 18.3 Å². The zero-order chi connectivity index (χ0) is 13.3. The van der Waals surface area contributed by atoms with E-state index in [1.165, 1.54) is 11.1 Å². The third-order valence-corrected chi connectivity index (χ3v) is 4.12. The standard InChI is InChI=1S/C10H14N4O3S/c11-5-7-1-2-13-9(3-7)14-6-8(4-10(14)15)18(12,16)17/h1-3,8H,4-6,11H2,(H2,12,16,17). The number of anilines is 1. The molecule has 0 aliphatic carbocycles. The molecule has 0 radical (unpaired) electrons. The molecule has 0 spiro atoms. The number of hydrogen-bond donors (Lipinski definition) is 2. The highest BCUT2D eigenvalue weighted by molar-refractivity contribution is 7.89. The fraction of sp³-hybridized carbons (Fsp3) is 0.400. The first kappa shape index (κ1) is 12.9. The molecule has 1 aromatic heterocycles. The quantitative estimate of drug-likeness (QED) is 0.725. The third kappa shape index (κ3) is 2.50. The van der Waals surface area contributed by atoms with Gasteiger partial charge in [0.05, 0.1) is 0 Å². The molecule has 18 heavy (non-hydrogen) atoms. The summed E-state index contributed by atoms with van der Waals surface area (Å²) >= 11 is 0. The van der Waals surface area contributed by atoms with Crippen molar-refractivity contribution in [3.05, 3.63) is 23.9 Å². The van der Waals surface area contributed by atoms with Gasteiger partial charge in [-0.25, -0.2) is 18.5 Å². The summed E-state index contributed by atoms with van der Waals surface area (Å²) in [6, 6.07) is 3.41. The van der Waals surface area contributed by atoms with Gasteiger partial charge >= 0.3 is 0 Å². The molecule has 0 saturated carbocycles. The molecule has 1 saturated heterocycles. The molecule has 7 nitrogen and oxygen atoms in total. The summed E-state index contributed by atoms with van der Waals surface area (Å²) in [5.74, 6) is 0.116.